The van der Waals surface area contributed by atoms with Gasteiger partial charge < -0.3 is 14.4 Å². The van der Waals surface area contributed by atoms with E-state index in [4.69, 9.17) is 9.47 Å². The molecule has 0 N–H and O–H groups in total. The zero-order valence-electron chi connectivity index (χ0n) is 16.8. The zero-order chi connectivity index (χ0) is 21.0. The number of thiazole rings is 1. The molecule has 0 atom stereocenters. The van der Waals surface area contributed by atoms with Crippen LogP contribution >= 0.6 is 11.3 Å². The molecule has 0 unspecified atom stereocenters. The Hall–Kier alpha value is -2.93. The highest BCUT2D eigenvalue weighted by molar-refractivity contribution is 7.13. The van der Waals surface area contributed by atoms with Crippen molar-refractivity contribution < 1.29 is 18.7 Å². The van der Waals surface area contributed by atoms with E-state index < -0.39 is 5.82 Å². The first-order valence-corrected chi connectivity index (χ1v) is 10.2. The Labute approximate surface area is 173 Å². The number of carbonyl (C=O) groups is 1. The fraction of sp³-hybridized carbons (Fsp3) is 0.273. The van der Waals surface area contributed by atoms with Gasteiger partial charge in [0.05, 0.1) is 13.7 Å². The number of nitrogens with zero attached hydrogens (tertiary/aromatic N) is 2. The van der Waals surface area contributed by atoms with E-state index in [-0.39, 0.29) is 17.7 Å². The Morgan fingerprint density at radius 2 is 1.93 bits per heavy atom. The van der Waals surface area contributed by atoms with Crippen LogP contribution in [0.5, 0.6) is 11.5 Å². The first kappa shape index (κ1) is 20.8. The number of carbonyl (C=O) groups excluding carboxylic acids is 1. The summed E-state index contributed by atoms with van der Waals surface area (Å²) in [6.45, 7) is 6.29. The fourth-order valence-corrected chi connectivity index (χ4v) is 3.74. The maximum Gasteiger partial charge on any atom is 0.278 e. The van der Waals surface area contributed by atoms with Gasteiger partial charge in [0.25, 0.3) is 5.91 Å². The fourth-order valence-electron chi connectivity index (χ4n) is 2.94. The largest absolute Gasteiger partial charge is 0.494 e. The summed E-state index contributed by atoms with van der Waals surface area (Å²) in [5, 5.41) is 2.46. The summed E-state index contributed by atoms with van der Waals surface area (Å²) in [7, 11) is 1.40. The van der Waals surface area contributed by atoms with Gasteiger partial charge in [-0.05, 0) is 57.2 Å². The molecular formula is C22H23FN2O3S. The van der Waals surface area contributed by atoms with Gasteiger partial charge in [0, 0.05) is 28.7 Å². The van der Waals surface area contributed by atoms with Crippen LogP contribution in [0.25, 0.3) is 10.6 Å². The predicted molar refractivity (Wildman–Crippen MR) is 114 cm³/mol. The first-order chi connectivity index (χ1) is 13.9. The molecular weight excluding hydrogens is 391 g/mol. The quantitative estimate of drug-likeness (QED) is 0.519. The molecule has 3 rings (SSSR count). The first-order valence-electron chi connectivity index (χ1n) is 9.30. The van der Waals surface area contributed by atoms with Gasteiger partial charge in [-0.3, -0.25) is 4.79 Å². The average molecular weight is 415 g/mol. The summed E-state index contributed by atoms with van der Waals surface area (Å²) in [6.07, 6.45) is 0. The molecule has 7 heteroatoms. The summed E-state index contributed by atoms with van der Waals surface area (Å²) in [4.78, 5) is 19.2. The molecule has 0 radical (unpaired) electrons. The van der Waals surface area contributed by atoms with Crippen molar-refractivity contribution in [2.45, 2.75) is 26.8 Å². The maximum absolute atomic E-state index is 14.2. The number of benzene rings is 2. The van der Waals surface area contributed by atoms with Crippen molar-refractivity contribution in [3.8, 4) is 22.1 Å². The lowest BCUT2D eigenvalue weighted by molar-refractivity contribution is 0.0976. The van der Waals surface area contributed by atoms with Gasteiger partial charge in [-0.2, -0.15) is 0 Å². The molecule has 3 aromatic rings. The smallest absolute Gasteiger partial charge is 0.278 e. The number of anilines is 1. The minimum atomic E-state index is -0.517. The second-order valence-electron chi connectivity index (χ2n) is 6.58. The van der Waals surface area contributed by atoms with Crippen molar-refractivity contribution in [1.82, 2.24) is 4.98 Å². The molecule has 0 spiro atoms. The number of amides is 1. The topological polar surface area (TPSA) is 51.7 Å². The number of methoxy groups -OCH3 is 1. The highest BCUT2D eigenvalue weighted by Crippen LogP contribution is 2.29. The molecule has 5 nitrogen and oxygen atoms in total. The van der Waals surface area contributed by atoms with Crippen LogP contribution in [0.4, 0.5) is 10.1 Å². The lowest BCUT2D eigenvalue weighted by Crippen LogP contribution is -2.37. The van der Waals surface area contributed by atoms with Crippen molar-refractivity contribution in [2.24, 2.45) is 0 Å². The van der Waals surface area contributed by atoms with Gasteiger partial charge >= 0.3 is 0 Å². The summed E-state index contributed by atoms with van der Waals surface area (Å²) >= 11 is 1.39. The molecule has 2 aromatic carbocycles. The lowest BCUT2D eigenvalue weighted by Gasteiger charge is -2.26. The SMILES string of the molecule is CCOc1ccc(-c2nc(C(=O)N(c3ccc(OC)c(F)c3)C(C)C)cs2)cc1. The molecule has 29 heavy (non-hydrogen) atoms. The van der Waals surface area contributed by atoms with Gasteiger partial charge in [-0.25, -0.2) is 9.37 Å². The molecule has 152 valence electrons. The summed E-state index contributed by atoms with van der Waals surface area (Å²) in [5.41, 5.74) is 1.69. The van der Waals surface area contributed by atoms with Crippen LogP contribution in [0.1, 0.15) is 31.3 Å². The number of ether oxygens (including phenoxy) is 2. The number of rotatable bonds is 7. The average Bonchev–Trinajstić information content (AvgIpc) is 3.19. The molecule has 1 amide bonds. The Kier molecular flexibility index (Phi) is 6.49. The van der Waals surface area contributed by atoms with E-state index >= 15 is 0 Å². The predicted octanol–water partition coefficient (Wildman–Crippen LogP) is 5.41. The molecule has 0 aliphatic heterocycles. The highest BCUT2D eigenvalue weighted by atomic mass is 32.1. The van der Waals surface area contributed by atoms with Gasteiger partial charge in [-0.15, -0.1) is 11.3 Å². The highest BCUT2D eigenvalue weighted by Gasteiger charge is 2.24. The van der Waals surface area contributed by atoms with Gasteiger partial charge in [0.2, 0.25) is 0 Å². The van der Waals surface area contributed by atoms with E-state index in [0.717, 1.165) is 16.3 Å². The Morgan fingerprint density at radius 3 is 2.52 bits per heavy atom. The van der Waals surface area contributed by atoms with E-state index in [0.29, 0.717) is 18.0 Å². The minimum Gasteiger partial charge on any atom is -0.494 e. The van der Waals surface area contributed by atoms with Crippen LogP contribution in [0.3, 0.4) is 0 Å². The molecule has 0 aliphatic carbocycles. The Bertz CT molecular complexity index is 986. The van der Waals surface area contributed by atoms with E-state index in [1.807, 2.05) is 45.0 Å². The standard InChI is InChI=1S/C22H23FN2O3S/c1-5-28-17-9-6-15(7-10-17)21-24-19(13-29-21)22(26)25(14(2)3)16-8-11-20(27-4)18(23)12-16/h6-14H,5H2,1-4H3. The third-order valence-corrected chi connectivity index (χ3v) is 5.18. The lowest BCUT2D eigenvalue weighted by atomic mass is 10.2. The van der Waals surface area contributed by atoms with Crippen molar-refractivity contribution in [2.75, 3.05) is 18.6 Å². The van der Waals surface area contributed by atoms with Crippen molar-refractivity contribution in [1.29, 1.82) is 0 Å². The molecule has 0 fully saturated rings. The van der Waals surface area contributed by atoms with Crippen LogP contribution in [-0.2, 0) is 0 Å². The van der Waals surface area contributed by atoms with E-state index in [9.17, 15) is 9.18 Å². The minimum absolute atomic E-state index is 0.136. The van der Waals surface area contributed by atoms with Crippen LogP contribution in [0.15, 0.2) is 47.8 Å². The third-order valence-electron chi connectivity index (χ3n) is 4.28. The number of hydrogen-bond acceptors (Lipinski definition) is 5. The molecule has 1 aromatic heterocycles. The second kappa shape index (κ2) is 9.05. The number of halogens is 1. The van der Waals surface area contributed by atoms with Gasteiger partial charge in [-0.1, -0.05) is 0 Å². The van der Waals surface area contributed by atoms with Crippen molar-refractivity contribution in [3.05, 3.63) is 59.4 Å². The second-order valence-corrected chi connectivity index (χ2v) is 7.44. The van der Waals surface area contributed by atoms with Crippen LogP contribution < -0.4 is 14.4 Å². The summed E-state index contributed by atoms with van der Waals surface area (Å²) < 4.78 is 24.6. The van der Waals surface area contributed by atoms with Crippen molar-refractivity contribution >= 4 is 22.9 Å². The molecule has 0 saturated heterocycles. The monoisotopic (exact) mass is 414 g/mol. The number of hydrogen-bond donors (Lipinski definition) is 0. The number of aromatic nitrogens is 1. The van der Waals surface area contributed by atoms with E-state index in [1.54, 1.807) is 11.4 Å². The maximum atomic E-state index is 14.2. The van der Waals surface area contributed by atoms with Gasteiger partial charge in [0.1, 0.15) is 16.5 Å². The van der Waals surface area contributed by atoms with E-state index in [1.165, 1.54) is 35.5 Å². The zero-order valence-corrected chi connectivity index (χ0v) is 17.6. The normalized spacial score (nSPS) is 10.8. The van der Waals surface area contributed by atoms with Gasteiger partial charge in [0.15, 0.2) is 11.6 Å². The van der Waals surface area contributed by atoms with Crippen molar-refractivity contribution in [3.63, 3.8) is 0 Å². The molecule has 1 heterocycles. The summed E-state index contributed by atoms with van der Waals surface area (Å²) in [6, 6.07) is 11.9. The molecule has 0 aliphatic rings. The summed E-state index contributed by atoms with van der Waals surface area (Å²) in [5.74, 6) is 0.128. The Balaban J connectivity index is 1.87. The molecule has 0 bridgehead atoms. The Morgan fingerprint density at radius 1 is 1.21 bits per heavy atom. The van der Waals surface area contributed by atoms with Crippen LogP contribution in [0, 0.1) is 5.82 Å². The molecule has 0 saturated carbocycles. The van der Waals surface area contributed by atoms with Crippen LogP contribution in [0.2, 0.25) is 0 Å². The van der Waals surface area contributed by atoms with E-state index in [2.05, 4.69) is 4.98 Å². The third kappa shape index (κ3) is 4.56. The van der Waals surface area contributed by atoms with Crippen LogP contribution in [-0.4, -0.2) is 30.6 Å².